The fraction of sp³-hybridized carbons (Fsp3) is 0.294. The molecule has 2 heterocycles. The van der Waals surface area contributed by atoms with Crippen molar-refractivity contribution < 1.29 is 33.1 Å². The van der Waals surface area contributed by atoms with Gasteiger partial charge < -0.3 is 10.2 Å². The number of carbonyl (C=O) groups is 2. The van der Waals surface area contributed by atoms with Crippen LogP contribution in [-0.4, -0.2) is 70.9 Å². The van der Waals surface area contributed by atoms with Crippen LogP contribution in [0.25, 0.3) is 0 Å². The van der Waals surface area contributed by atoms with Crippen LogP contribution in [0.4, 0.5) is 5.69 Å². The van der Waals surface area contributed by atoms with Gasteiger partial charge in [0.25, 0.3) is 5.69 Å². The molecule has 0 spiro atoms. The molecule has 1 aliphatic rings. The number of nitro benzene ring substituents is 1. The molecule has 3 rings (SSSR count). The number of para-hydroxylation sites is 1. The summed E-state index contributed by atoms with van der Waals surface area (Å²) in [6, 6.07) is 9.55. The Balaban J connectivity index is 0.000000469. The van der Waals surface area contributed by atoms with Crippen LogP contribution in [-0.2, 0) is 26.2 Å². The molecule has 1 aliphatic heterocycles. The molecule has 0 amide bonds. The minimum atomic E-state index is -3.86. The van der Waals surface area contributed by atoms with Gasteiger partial charge in [0, 0.05) is 43.7 Å². The Morgan fingerprint density at radius 1 is 1.03 bits per heavy atom. The largest absolute Gasteiger partial charge is 0.473 e. The van der Waals surface area contributed by atoms with E-state index in [4.69, 9.17) is 19.8 Å². The van der Waals surface area contributed by atoms with E-state index in [1.54, 1.807) is 11.3 Å². The van der Waals surface area contributed by atoms with Crippen molar-refractivity contribution in [3.63, 3.8) is 0 Å². The Morgan fingerprint density at radius 2 is 1.63 bits per heavy atom. The zero-order valence-electron chi connectivity index (χ0n) is 15.6. The fourth-order valence-corrected chi connectivity index (χ4v) is 5.04. The first-order valence-corrected chi connectivity index (χ1v) is 10.9. The zero-order chi connectivity index (χ0) is 22.3. The van der Waals surface area contributed by atoms with Gasteiger partial charge in [0.15, 0.2) is 4.90 Å². The van der Waals surface area contributed by atoms with E-state index in [1.807, 2.05) is 11.4 Å². The topological polar surface area (TPSA) is 158 Å². The summed E-state index contributed by atoms with van der Waals surface area (Å²) in [7, 11) is -3.86. The SMILES string of the molecule is O=C(O)C(=O)O.O=[N+]([O-])c1ccccc1S(=O)(=O)N1CCN(Cc2cccs2)CC1. The molecule has 0 saturated carbocycles. The molecular formula is C17H19N3O8S2. The van der Waals surface area contributed by atoms with Crippen molar-refractivity contribution in [3.05, 3.63) is 56.8 Å². The molecule has 2 aromatic rings. The van der Waals surface area contributed by atoms with Gasteiger partial charge in [0.1, 0.15) is 0 Å². The lowest BCUT2D eigenvalue weighted by molar-refractivity contribution is -0.387. The highest BCUT2D eigenvalue weighted by atomic mass is 32.2. The molecule has 13 heteroatoms. The summed E-state index contributed by atoms with van der Waals surface area (Å²) >= 11 is 1.68. The lowest BCUT2D eigenvalue weighted by Gasteiger charge is -2.33. The van der Waals surface area contributed by atoms with E-state index in [0.717, 1.165) is 6.54 Å². The maximum absolute atomic E-state index is 12.7. The van der Waals surface area contributed by atoms with Gasteiger partial charge in [-0.3, -0.25) is 15.0 Å². The highest BCUT2D eigenvalue weighted by Gasteiger charge is 2.33. The third kappa shape index (κ3) is 6.06. The first kappa shape index (κ1) is 23.4. The molecule has 162 valence electrons. The first-order chi connectivity index (χ1) is 14.1. The van der Waals surface area contributed by atoms with Crippen LogP contribution in [0.3, 0.4) is 0 Å². The van der Waals surface area contributed by atoms with Gasteiger partial charge in [-0.05, 0) is 17.5 Å². The molecule has 0 aliphatic carbocycles. The zero-order valence-corrected chi connectivity index (χ0v) is 17.2. The van der Waals surface area contributed by atoms with Gasteiger partial charge in [-0.25, -0.2) is 18.0 Å². The lowest BCUT2D eigenvalue weighted by atomic mass is 10.3. The summed E-state index contributed by atoms with van der Waals surface area (Å²) in [5.41, 5.74) is -0.376. The molecule has 0 unspecified atom stereocenters. The van der Waals surface area contributed by atoms with Crippen molar-refractivity contribution in [2.24, 2.45) is 0 Å². The van der Waals surface area contributed by atoms with Gasteiger partial charge in [-0.1, -0.05) is 18.2 Å². The van der Waals surface area contributed by atoms with E-state index in [1.165, 1.54) is 33.4 Å². The van der Waals surface area contributed by atoms with Crippen molar-refractivity contribution in [3.8, 4) is 0 Å². The van der Waals surface area contributed by atoms with Gasteiger partial charge in [0.05, 0.1) is 4.92 Å². The van der Waals surface area contributed by atoms with Gasteiger partial charge >= 0.3 is 11.9 Å². The van der Waals surface area contributed by atoms with Crippen LogP contribution < -0.4 is 0 Å². The van der Waals surface area contributed by atoms with Gasteiger partial charge in [-0.15, -0.1) is 11.3 Å². The molecule has 0 atom stereocenters. The molecule has 1 aromatic carbocycles. The number of aliphatic carboxylic acids is 2. The molecule has 2 N–H and O–H groups in total. The highest BCUT2D eigenvalue weighted by molar-refractivity contribution is 7.89. The third-order valence-electron chi connectivity index (χ3n) is 4.15. The van der Waals surface area contributed by atoms with E-state index in [0.29, 0.717) is 26.2 Å². The number of benzene rings is 1. The minimum absolute atomic E-state index is 0.235. The third-order valence-corrected chi connectivity index (χ3v) is 6.96. The molecular weight excluding hydrogens is 438 g/mol. The van der Waals surface area contributed by atoms with Crippen LogP contribution in [0.1, 0.15) is 4.88 Å². The van der Waals surface area contributed by atoms with Crippen molar-refractivity contribution in [1.29, 1.82) is 0 Å². The van der Waals surface area contributed by atoms with Crippen LogP contribution in [0.5, 0.6) is 0 Å². The van der Waals surface area contributed by atoms with E-state index in [2.05, 4.69) is 11.0 Å². The van der Waals surface area contributed by atoms with Crippen molar-refractivity contribution >= 4 is 39.0 Å². The average Bonchev–Trinajstić information content (AvgIpc) is 3.22. The van der Waals surface area contributed by atoms with Crippen LogP contribution >= 0.6 is 11.3 Å². The number of nitro groups is 1. The number of piperazine rings is 1. The molecule has 1 saturated heterocycles. The van der Waals surface area contributed by atoms with Crippen LogP contribution in [0, 0.1) is 10.1 Å². The molecule has 1 aromatic heterocycles. The first-order valence-electron chi connectivity index (χ1n) is 8.57. The van der Waals surface area contributed by atoms with E-state index < -0.39 is 26.9 Å². The molecule has 0 bridgehead atoms. The summed E-state index contributed by atoms with van der Waals surface area (Å²) in [5.74, 6) is -3.65. The summed E-state index contributed by atoms with van der Waals surface area (Å²) in [5, 5.41) is 27.9. The van der Waals surface area contributed by atoms with Gasteiger partial charge in [-0.2, -0.15) is 4.31 Å². The monoisotopic (exact) mass is 457 g/mol. The van der Waals surface area contributed by atoms with Crippen molar-refractivity contribution in [1.82, 2.24) is 9.21 Å². The predicted molar refractivity (Wildman–Crippen MR) is 107 cm³/mol. The minimum Gasteiger partial charge on any atom is -0.473 e. The van der Waals surface area contributed by atoms with Gasteiger partial charge in [0.2, 0.25) is 10.0 Å². The second-order valence-corrected chi connectivity index (χ2v) is 9.03. The number of carboxylic acid groups (broad SMARTS) is 2. The van der Waals surface area contributed by atoms with Crippen molar-refractivity contribution in [2.75, 3.05) is 26.2 Å². The quantitative estimate of drug-likeness (QED) is 0.383. The number of thiophene rings is 1. The highest BCUT2D eigenvalue weighted by Crippen LogP contribution is 2.27. The maximum atomic E-state index is 12.7. The molecule has 0 radical (unpaired) electrons. The second kappa shape index (κ2) is 10.2. The number of carboxylic acids is 2. The molecule has 1 fully saturated rings. The molecule has 11 nitrogen and oxygen atoms in total. The Hall–Kier alpha value is -2.87. The lowest BCUT2D eigenvalue weighted by Crippen LogP contribution is -2.48. The summed E-state index contributed by atoms with van der Waals surface area (Å²) < 4.78 is 26.8. The standard InChI is InChI=1S/C15H17N3O4S2.C2H2O4/c19-18(20)14-5-1-2-6-15(14)24(21,22)17-9-7-16(8-10-17)12-13-4-3-11-23-13;3-1(4)2(5)6/h1-6,11H,7-10,12H2;(H,3,4)(H,5,6). The summed E-state index contributed by atoms with van der Waals surface area (Å²) in [4.78, 5) is 31.8. The summed E-state index contributed by atoms with van der Waals surface area (Å²) in [6.07, 6.45) is 0. The summed E-state index contributed by atoms with van der Waals surface area (Å²) in [6.45, 7) is 2.69. The van der Waals surface area contributed by atoms with Crippen molar-refractivity contribution in [2.45, 2.75) is 11.4 Å². The fourth-order valence-electron chi connectivity index (χ4n) is 2.72. The maximum Gasteiger partial charge on any atom is 0.414 e. The Bertz CT molecular complexity index is 988. The Morgan fingerprint density at radius 3 is 2.13 bits per heavy atom. The number of sulfonamides is 1. The normalized spacial score (nSPS) is 15.1. The van der Waals surface area contributed by atoms with E-state index in [9.17, 15) is 18.5 Å². The second-order valence-electron chi connectivity index (χ2n) is 6.09. The Labute approximate surface area is 176 Å². The Kier molecular flexibility index (Phi) is 8.00. The smallest absolute Gasteiger partial charge is 0.414 e. The van der Waals surface area contributed by atoms with E-state index >= 15 is 0 Å². The average molecular weight is 457 g/mol. The number of rotatable bonds is 5. The van der Waals surface area contributed by atoms with E-state index in [-0.39, 0.29) is 10.6 Å². The number of hydrogen-bond acceptors (Lipinski definition) is 8. The number of nitrogens with zero attached hydrogens (tertiary/aromatic N) is 3. The number of hydrogen-bond donors (Lipinski definition) is 2. The van der Waals surface area contributed by atoms with Crippen LogP contribution in [0.15, 0.2) is 46.7 Å². The van der Waals surface area contributed by atoms with Crippen LogP contribution in [0.2, 0.25) is 0 Å². The predicted octanol–water partition coefficient (Wildman–Crippen LogP) is 1.32. The molecule has 30 heavy (non-hydrogen) atoms.